The van der Waals surface area contributed by atoms with Gasteiger partial charge < -0.3 is 14.9 Å². The fraction of sp³-hybridized carbons (Fsp3) is 0.391. The number of rotatable bonds is 4. The van der Waals surface area contributed by atoms with Gasteiger partial charge in [0, 0.05) is 37.4 Å². The van der Waals surface area contributed by atoms with Gasteiger partial charge in [0.2, 0.25) is 5.91 Å². The number of fused-ring (bicyclic) bond motifs is 2. The molecule has 0 spiro atoms. The van der Waals surface area contributed by atoms with Gasteiger partial charge in [0.25, 0.3) is 0 Å². The molecule has 1 saturated heterocycles. The lowest BCUT2D eigenvalue weighted by Crippen LogP contribution is -2.41. The molecule has 2 aromatic carbocycles. The van der Waals surface area contributed by atoms with Crippen LogP contribution in [0.25, 0.3) is 0 Å². The number of carbonyl (C=O) groups is 2. The van der Waals surface area contributed by atoms with E-state index in [2.05, 4.69) is 53.4 Å². The van der Waals surface area contributed by atoms with Crippen LogP contribution in [0.1, 0.15) is 30.4 Å². The van der Waals surface area contributed by atoms with Crippen molar-refractivity contribution in [3.05, 3.63) is 59.7 Å². The molecule has 0 radical (unpaired) electrons. The van der Waals surface area contributed by atoms with Gasteiger partial charge in [-0.2, -0.15) is 0 Å². The van der Waals surface area contributed by atoms with Crippen LogP contribution >= 0.6 is 0 Å². The Hall–Kier alpha value is -2.82. The van der Waals surface area contributed by atoms with E-state index in [-0.39, 0.29) is 11.8 Å². The van der Waals surface area contributed by atoms with Crippen LogP contribution in [0.2, 0.25) is 0 Å². The average molecular weight is 378 g/mol. The van der Waals surface area contributed by atoms with Gasteiger partial charge in [0.05, 0.1) is 5.92 Å². The summed E-state index contributed by atoms with van der Waals surface area (Å²) in [5.74, 6) is -0.943. The number of piperidine rings is 1. The Bertz CT molecular complexity index is 824. The Kier molecular flexibility index (Phi) is 5.33. The molecule has 4 rings (SSSR count). The van der Waals surface area contributed by atoms with E-state index in [9.17, 15) is 9.59 Å². The molecule has 2 aromatic rings. The summed E-state index contributed by atoms with van der Waals surface area (Å²) in [5.41, 5.74) is 5.00. The number of carbonyl (C=O) groups excluding carboxylic acids is 1. The Morgan fingerprint density at radius 3 is 1.96 bits per heavy atom. The highest BCUT2D eigenvalue weighted by atomic mass is 16.4. The van der Waals surface area contributed by atoms with Crippen molar-refractivity contribution >= 4 is 23.3 Å². The van der Waals surface area contributed by atoms with Crippen LogP contribution in [0, 0.1) is 5.92 Å². The maximum Gasteiger partial charge on any atom is 0.306 e. The van der Waals surface area contributed by atoms with Crippen molar-refractivity contribution < 1.29 is 14.7 Å². The number of benzene rings is 2. The van der Waals surface area contributed by atoms with E-state index >= 15 is 0 Å². The number of anilines is 2. The van der Waals surface area contributed by atoms with E-state index in [1.807, 2.05) is 4.90 Å². The molecule has 28 heavy (non-hydrogen) atoms. The first-order valence-corrected chi connectivity index (χ1v) is 10.1. The smallest absolute Gasteiger partial charge is 0.306 e. The predicted molar refractivity (Wildman–Crippen MR) is 109 cm³/mol. The van der Waals surface area contributed by atoms with Gasteiger partial charge in [-0.15, -0.1) is 0 Å². The third-order valence-electron chi connectivity index (χ3n) is 5.97. The first-order valence-electron chi connectivity index (χ1n) is 10.1. The summed E-state index contributed by atoms with van der Waals surface area (Å²) in [5, 5.41) is 9.14. The molecule has 2 aliphatic heterocycles. The van der Waals surface area contributed by atoms with E-state index in [0.29, 0.717) is 38.9 Å². The van der Waals surface area contributed by atoms with E-state index in [0.717, 1.165) is 12.8 Å². The molecular weight excluding hydrogens is 352 g/mol. The lowest BCUT2D eigenvalue weighted by Gasteiger charge is -2.32. The van der Waals surface area contributed by atoms with Crippen LogP contribution in [0.15, 0.2) is 48.5 Å². The van der Waals surface area contributed by atoms with E-state index in [1.54, 1.807) is 0 Å². The second-order valence-corrected chi connectivity index (χ2v) is 7.65. The molecule has 1 N–H and O–H groups in total. The summed E-state index contributed by atoms with van der Waals surface area (Å²) in [6.45, 7) is 1.72. The molecule has 2 aliphatic rings. The van der Waals surface area contributed by atoms with Crippen LogP contribution < -0.4 is 4.90 Å². The van der Waals surface area contributed by atoms with Crippen molar-refractivity contribution in [3.8, 4) is 0 Å². The fourth-order valence-corrected chi connectivity index (χ4v) is 4.35. The molecule has 1 amide bonds. The van der Waals surface area contributed by atoms with Crippen LogP contribution in [-0.2, 0) is 22.4 Å². The number of carboxylic acid groups (broad SMARTS) is 1. The van der Waals surface area contributed by atoms with Gasteiger partial charge in [-0.25, -0.2) is 0 Å². The average Bonchev–Trinajstić information content (AvgIpc) is 2.89. The van der Waals surface area contributed by atoms with Crippen molar-refractivity contribution in [2.75, 3.05) is 24.5 Å². The van der Waals surface area contributed by atoms with Gasteiger partial charge in [-0.05, 0) is 48.9 Å². The van der Waals surface area contributed by atoms with E-state index in [1.165, 1.54) is 22.5 Å². The van der Waals surface area contributed by atoms with Gasteiger partial charge in [0.15, 0.2) is 0 Å². The zero-order valence-corrected chi connectivity index (χ0v) is 16.0. The number of amides is 1. The summed E-state index contributed by atoms with van der Waals surface area (Å²) in [6, 6.07) is 16.9. The van der Waals surface area contributed by atoms with Crippen LogP contribution in [0.5, 0.6) is 0 Å². The number of carboxylic acids is 1. The summed E-state index contributed by atoms with van der Waals surface area (Å²) < 4.78 is 0. The number of nitrogens with zero attached hydrogens (tertiary/aromatic N) is 2. The summed E-state index contributed by atoms with van der Waals surface area (Å²) in [4.78, 5) is 28.0. The van der Waals surface area contributed by atoms with Crippen LogP contribution in [0.4, 0.5) is 11.4 Å². The summed E-state index contributed by atoms with van der Waals surface area (Å²) in [7, 11) is 0. The monoisotopic (exact) mass is 378 g/mol. The predicted octanol–water partition coefficient (Wildman–Crippen LogP) is 3.64. The summed E-state index contributed by atoms with van der Waals surface area (Å²) >= 11 is 0. The van der Waals surface area contributed by atoms with Crippen molar-refractivity contribution in [2.45, 2.75) is 32.1 Å². The molecule has 2 heterocycles. The SMILES string of the molecule is O=C(O)C1CCN(C(=O)CCN2c3ccccc3CCc3ccccc32)CC1. The minimum atomic E-state index is -0.745. The maximum absolute atomic E-state index is 12.8. The van der Waals surface area contributed by atoms with Gasteiger partial charge >= 0.3 is 5.97 Å². The second-order valence-electron chi connectivity index (χ2n) is 7.65. The van der Waals surface area contributed by atoms with Gasteiger partial charge in [-0.1, -0.05) is 36.4 Å². The minimum Gasteiger partial charge on any atom is -0.481 e. The lowest BCUT2D eigenvalue weighted by atomic mass is 9.97. The molecule has 0 aromatic heterocycles. The van der Waals surface area contributed by atoms with Gasteiger partial charge in [0.1, 0.15) is 0 Å². The first-order chi connectivity index (χ1) is 13.6. The lowest BCUT2D eigenvalue weighted by molar-refractivity contribution is -0.145. The standard InChI is InChI=1S/C23H26N2O3/c26-22(24-14-11-19(12-15-24)23(27)28)13-16-25-20-7-3-1-5-17(20)9-10-18-6-2-4-8-21(18)25/h1-8,19H,9-16H2,(H,27,28). The molecule has 0 saturated carbocycles. The largest absolute Gasteiger partial charge is 0.481 e. The number of hydrogen-bond donors (Lipinski definition) is 1. The van der Waals surface area contributed by atoms with Gasteiger partial charge in [-0.3, -0.25) is 9.59 Å². The summed E-state index contributed by atoms with van der Waals surface area (Å²) in [6.07, 6.45) is 3.54. The molecule has 0 bridgehead atoms. The van der Waals surface area contributed by atoms with Crippen molar-refractivity contribution in [1.29, 1.82) is 0 Å². The number of aryl methyl sites for hydroxylation is 2. The maximum atomic E-state index is 12.8. The highest BCUT2D eigenvalue weighted by molar-refractivity contribution is 5.79. The highest BCUT2D eigenvalue weighted by Gasteiger charge is 2.27. The molecule has 5 heteroatoms. The Morgan fingerprint density at radius 1 is 0.893 bits per heavy atom. The van der Waals surface area contributed by atoms with Crippen molar-refractivity contribution in [1.82, 2.24) is 4.90 Å². The highest BCUT2D eigenvalue weighted by Crippen LogP contribution is 2.36. The zero-order chi connectivity index (χ0) is 19.5. The fourth-order valence-electron chi connectivity index (χ4n) is 4.35. The Morgan fingerprint density at radius 2 is 1.43 bits per heavy atom. The number of aliphatic carboxylic acids is 1. The number of likely N-dealkylation sites (tertiary alicyclic amines) is 1. The van der Waals surface area contributed by atoms with E-state index < -0.39 is 5.97 Å². The normalized spacial score (nSPS) is 16.9. The van der Waals surface area contributed by atoms with Crippen LogP contribution in [-0.4, -0.2) is 41.5 Å². The Balaban J connectivity index is 1.49. The number of para-hydroxylation sites is 2. The molecule has 1 fully saturated rings. The third kappa shape index (κ3) is 3.75. The third-order valence-corrected chi connectivity index (χ3v) is 5.97. The molecule has 0 unspecified atom stereocenters. The van der Waals surface area contributed by atoms with Crippen LogP contribution in [0.3, 0.4) is 0 Å². The van der Waals surface area contributed by atoms with Crippen molar-refractivity contribution in [2.24, 2.45) is 5.92 Å². The molecule has 146 valence electrons. The first kappa shape index (κ1) is 18.5. The quantitative estimate of drug-likeness (QED) is 0.882. The van der Waals surface area contributed by atoms with E-state index in [4.69, 9.17) is 5.11 Å². The van der Waals surface area contributed by atoms with Crippen molar-refractivity contribution in [3.63, 3.8) is 0 Å². The second kappa shape index (κ2) is 8.05. The molecule has 0 aliphatic carbocycles. The minimum absolute atomic E-state index is 0.114. The topological polar surface area (TPSA) is 60.9 Å². The zero-order valence-electron chi connectivity index (χ0n) is 16.0. The molecule has 0 atom stereocenters. The molecular formula is C23H26N2O3. The molecule has 5 nitrogen and oxygen atoms in total. The number of hydrogen-bond acceptors (Lipinski definition) is 3. The Labute approximate surface area is 165 Å².